The summed E-state index contributed by atoms with van der Waals surface area (Å²) in [6.45, 7) is 0.791. The summed E-state index contributed by atoms with van der Waals surface area (Å²) in [6.07, 6.45) is 0. The monoisotopic (exact) mass is 268 g/mol. The molecule has 2 N–H and O–H groups in total. The molecule has 0 amide bonds. The van der Waals surface area contributed by atoms with Crippen LogP contribution in [-0.2, 0) is 13.2 Å². The second-order valence-corrected chi connectivity index (χ2v) is 4.25. The molecule has 0 heterocycles. The second kappa shape index (κ2) is 6.60. The number of para-hydroxylation sites is 1. The van der Waals surface area contributed by atoms with Gasteiger partial charge in [-0.2, -0.15) is 5.26 Å². The Hall–Kier alpha value is -2.51. The number of hydrogen-bond acceptors (Lipinski definition) is 4. The fourth-order valence-corrected chi connectivity index (χ4v) is 1.88. The van der Waals surface area contributed by atoms with Gasteiger partial charge in [0.1, 0.15) is 6.61 Å². The van der Waals surface area contributed by atoms with Crippen molar-refractivity contribution in [1.82, 2.24) is 0 Å². The lowest BCUT2D eigenvalue weighted by Crippen LogP contribution is -2.04. The topological polar surface area (TPSA) is 68.3 Å². The lowest BCUT2D eigenvalue weighted by molar-refractivity contribution is 0.281. The average Bonchev–Trinajstić information content (AvgIpc) is 2.52. The van der Waals surface area contributed by atoms with E-state index in [0.29, 0.717) is 30.2 Å². The zero-order chi connectivity index (χ0) is 14.4. The van der Waals surface area contributed by atoms with Crippen LogP contribution in [0.1, 0.15) is 16.7 Å². The van der Waals surface area contributed by atoms with E-state index in [0.717, 1.165) is 11.1 Å². The number of ether oxygens (including phenoxy) is 2. The molecule has 4 heteroatoms. The maximum absolute atomic E-state index is 8.76. The van der Waals surface area contributed by atoms with E-state index in [2.05, 4.69) is 6.07 Å². The van der Waals surface area contributed by atoms with Gasteiger partial charge in [-0.25, -0.2) is 0 Å². The fourth-order valence-electron chi connectivity index (χ4n) is 1.88. The summed E-state index contributed by atoms with van der Waals surface area (Å²) in [5, 5.41) is 8.76. The van der Waals surface area contributed by atoms with Gasteiger partial charge in [0.2, 0.25) is 0 Å². The minimum Gasteiger partial charge on any atom is -0.493 e. The summed E-state index contributed by atoms with van der Waals surface area (Å²) >= 11 is 0. The quantitative estimate of drug-likeness (QED) is 0.905. The standard InChI is InChI=1S/C16H16N2O2/c1-19-15-4-2-3-14(10-18)16(15)20-11-13-7-5-12(9-17)6-8-13/h2-8H,10-11,18H2,1H3. The molecular formula is C16H16N2O2. The molecule has 20 heavy (non-hydrogen) atoms. The summed E-state index contributed by atoms with van der Waals surface area (Å²) in [7, 11) is 1.60. The zero-order valence-electron chi connectivity index (χ0n) is 11.3. The molecule has 4 nitrogen and oxygen atoms in total. The fraction of sp³-hybridized carbons (Fsp3) is 0.188. The number of benzene rings is 2. The highest BCUT2D eigenvalue weighted by atomic mass is 16.5. The van der Waals surface area contributed by atoms with Crippen LogP contribution in [0.15, 0.2) is 42.5 Å². The first-order chi connectivity index (χ1) is 9.78. The summed E-state index contributed by atoms with van der Waals surface area (Å²) in [5.41, 5.74) is 8.23. The first kappa shape index (κ1) is 13.9. The molecule has 0 aliphatic rings. The third-order valence-electron chi connectivity index (χ3n) is 2.97. The van der Waals surface area contributed by atoms with Gasteiger partial charge in [0.25, 0.3) is 0 Å². The zero-order valence-corrected chi connectivity index (χ0v) is 11.3. The van der Waals surface area contributed by atoms with Gasteiger partial charge in [-0.1, -0.05) is 24.3 Å². The molecule has 2 rings (SSSR count). The molecule has 2 aromatic carbocycles. The van der Waals surface area contributed by atoms with E-state index in [1.165, 1.54) is 0 Å². The van der Waals surface area contributed by atoms with Crippen molar-refractivity contribution in [3.05, 3.63) is 59.2 Å². The maximum atomic E-state index is 8.76. The largest absolute Gasteiger partial charge is 0.493 e. The number of hydrogen-bond donors (Lipinski definition) is 1. The Balaban J connectivity index is 2.15. The SMILES string of the molecule is COc1cccc(CN)c1OCc1ccc(C#N)cc1. The molecule has 0 radical (unpaired) electrons. The van der Waals surface area contributed by atoms with Gasteiger partial charge in [-0.15, -0.1) is 0 Å². The number of nitrogens with two attached hydrogens (primary N) is 1. The van der Waals surface area contributed by atoms with Gasteiger partial charge in [0, 0.05) is 12.1 Å². The van der Waals surface area contributed by atoms with Gasteiger partial charge >= 0.3 is 0 Å². The predicted molar refractivity (Wildman–Crippen MR) is 76.4 cm³/mol. The Morgan fingerprint density at radius 3 is 2.50 bits per heavy atom. The van der Waals surface area contributed by atoms with Gasteiger partial charge in [0.15, 0.2) is 11.5 Å². The van der Waals surface area contributed by atoms with Crippen molar-refractivity contribution in [3.8, 4) is 17.6 Å². The van der Waals surface area contributed by atoms with Gasteiger partial charge < -0.3 is 15.2 Å². The summed E-state index contributed by atoms with van der Waals surface area (Å²) < 4.78 is 11.1. The normalized spacial score (nSPS) is 9.85. The Morgan fingerprint density at radius 2 is 1.90 bits per heavy atom. The van der Waals surface area contributed by atoms with Crippen molar-refractivity contribution in [2.45, 2.75) is 13.2 Å². The number of nitrogens with zero attached hydrogens (tertiary/aromatic N) is 1. The van der Waals surface area contributed by atoms with Crippen LogP contribution >= 0.6 is 0 Å². The van der Waals surface area contributed by atoms with E-state index >= 15 is 0 Å². The molecule has 0 unspecified atom stereocenters. The van der Waals surface area contributed by atoms with Crippen LogP contribution in [0, 0.1) is 11.3 Å². The van der Waals surface area contributed by atoms with Crippen molar-refractivity contribution < 1.29 is 9.47 Å². The van der Waals surface area contributed by atoms with Crippen molar-refractivity contribution in [2.24, 2.45) is 5.73 Å². The van der Waals surface area contributed by atoms with E-state index in [4.69, 9.17) is 20.5 Å². The molecule has 0 fully saturated rings. The first-order valence-electron chi connectivity index (χ1n) is 6.26. The third-order valence-corrected chi connectivity index (χ3v) is 2.97. The van der Waals surface area contributed by atoms with Crippen molar-refractivity contribution in [1.29, 1.82) is 5.26 Å². The number of nitriles is 1. The van der Waals surface area contributed by atoms with Crippen molar-refractivity contribution in [2.75, 3.05) is 7.11 Å². The second-order valence-electron chi connectivity index (χ2n) is 4.25. The van der Waals surface area contributed by atoms with Crippen LogP contribution in [0.3, 0.4) is 0 Å². The van der Waals surface area contributed by atoms with E-state index in [1.54, 1.807) is 19.2 Å². The summed E-state index contributed by atoms with van der Waals surface area (Å²) in [4.78, 5) is 0. The number of rotatable bonds is 5. The Kier molecular flexibility index (Phi) is 4.59. The molecule has 0 bridgehead atoms. The molecule has 0 saturated heterocycles. The van der Waals surface area contributed by atoms with Crippen LogP contribution in [-0.4, -0.2) is 7.11 Å². The molecule has 0 saturated carbocycles. The molecule has 2 aromatic rings. The highest BCUT2D eigenvalue weighted by Crippen LogP contribution is 2.31. The average molecular weight is 268 g/mol. The van der Waals surface area contributed by atoms with Gasteiger partial charge in [-0.05, 0) is 23.8 Å². The molecule has 0 atom stereocenters. The van der Waals surface area contributed by atoms with Crippen molar-refractivity contribution >= 4 is 0 Å². The van der Waals surface area contributed by atoms with Crippen LogP contribution in [0.5, 0.6) is 11.5 Å². The molecule has 102 valence electrons. The third kappa shape index (κ3) is 3.08. The van der Waals surface area contributed by atoms with Crippen LogP contribution in [0.25, 0.3) is 0 Å². The lowest BCUT2D eigenvalue weighted by Gasteiger charge is -2.14. The van der Waals surface area contributed by atoms with Crippen LogP contribution in [0.4, 0.5) is 0 Å². The van der Waals surface area contributed by atoms with E-state index in [1.807, 2.05) is 30.3 Å². The van der Waals surface area contributed by atoms with Crippen molar-refractivity contribution in [3.63, 3.8) is 0 Å². The maximum Gasteiger partial charge on any atom is 0.166 e. The highest BCUT2D eigenvalue weighted by molar-refractivity contribution is 5.46. The first-order valence-corrected chi connectivity index (χ1v) is 6.26. The summed E-state index contributed by atoms with van der Waals surface area (Å²) in [5.74, 6) is 1.34. The minimum absolute atomic E-state index is 0.389. The molecule has 0 aliphatic heterocycles. The molecule has 0 spiro atoms. The molecular weight excluding hydrogens is 252 g/mol. The van der Waals surface area contributed by atoms with Crippen LogP contribution in [0.2, 0.25) is 0 Å². The lowest BCUT2D eigenvalue weighted by atomic mass is 10.1. The Bertz CT molecular complexity index is 593. The van der Waals surface area contributed by atoms with Gasteiger partial charge in [-0.3, -0.25) is 0 Å². The Morgan fingerprint density at radius 1 is 1.15 bits per heavy atom. The minimum atomic E-state index is 0.389. The van der Waals surface area contributed by atoms with Gasteiger partial charge in [0.05, 0.1) is 18.7 Å². The van der Waals surface area contributed by atoms with Crippen LogP contribution < -0.4 is 15.2 Å². The van der Waals surface area contributed by atoms with E-state index in [-0.39, 0.29) is 0 Å². The molecule has 0 aromatic heterocycles. The van der Waals surface area contributed by atoms with E-state index in [9.17, 15) is 0 Å². The molecule has 0 aliphatic carbocycles. The smallest absolute Gasteiger partial charge is 0.166 e. The highest BCUT2D eigenvalue weighted by Gasteiger charge is 2.09. The number of methoxy groups -OCH3 is 1. The summed E-state index contributed by atoms with van der Waals surface area (Å²) in [6, 6.07) is 15.0. The van der Waals surface area contributed by atoms with E-state index < -0.39 is 0 Å². The Labute approximate surface area is 118 Å². The predicted octanol–water partition coefficient (Wildman–Crippen LogP) is 2.60.